The molecule has 19 heavy (non-hydrogen) atoms. The maximum atomic E-state index is 5.75. The van der Waals surface area contributed by atoms with E-state index in [4.69, 9.17) is 5.84 Å². The van der Waals surface area contributed by atoms with Crippen molar-refractivity contribution in [2.45, 2.75) is 58.4 Å². The number of rotatable bonds is 5. The SMILES string of the molecule is Cc1ccc(C)c(CC(CC2=CCCCC2)NN)c1. The second-order valence-electron chi connectivity index (χ2n) is 5.81. The molecule has 0 spiro atoms. The Bertz CT molecular complexity index is 449. The first-order valence-electron chi connectivity index (χ1n) is 7.39. The lowest BCUT2D eigenvalue weighted by Gasteiger charge is -2.21. The highest BCUT2D eigenvalue weighted by Gasteiger charge is 2.13. The highest BCUT2D eigenvalue weighted by atomic mass is 15.2. The van der Waals surface area contributed by atoms with Gasteiger partial charge >= 0.3 is 0 Å². The molecule has 1 aromatic rings. The lowest BCUT2D eigenvalue weighted by Crippen LogP contribution is -2.37. The number of benzene rings is 1. The summed E-state index contributed by atoms with van der Waals surface area (Å²) in [7, 11) is 0. The Morgan fingerprint density at radius 2 is 2.05 bits per heavy atom. The number of nitrogens with one attached hydrogen (secondary N) is 1. The van der Waals surface area contributed by atoms with Crippen molar-refractivity contribution in [3.8, 4) is 0 Å². The van der Waals surface area contributed by atoms with Gasteiger partial charge in [0.1, 0.15) is 0 Å². The lowest BCUT2D eigenvalue weighted by molar-refractivity contribution is 0.504. The maximum Gasteiger partial charge on any atom is 0.0288 e. The third kappa shape index (κ3) is 4.19. The average Bonchev–Trinajstić information content (AvgIpc) is 2.43. The fraction of sp³-hybridized carbons (Fsp3) is 0.529. The Morgan fingerprint density at radius 1 is 1.21 bits per heavy atom. The molecular weight excluding hydrogens is 232 g/mol. The summed E-state index contributed by atoms with van der Waals surface area (Å²) in [6.45, 7) is 4.33. The molecule has 0 heterocycles. The summed E-state index contributed by atoms with van der Waals surface area (Å²) in [6, 6.07) is 7.02. The van der Waals surface area contributed by atoms with Crippen LogP contribution in [0.2, 0.25) is 0 Å². The van der Waals surface area contributed by atoms with Gasteiger partial charge in [-0.05, 0) is 63.5 Å². The van der Waals surface area contributed by atoms with Crippen LogP contribution in [0.4, 0.5) is 0 Å². The largest absolute Gasteiger partial charge is 0.271 e. The monoisotopic (exact) mass is 258 g/mol. The Kier molecular flexibility index (Phi) is 5.17. The molecule has 2 heteroatoms. The first-order chi connectivity index (χ1) is 9.19. The zero-order chi connectivity index (χ0) is 13.7. The molecule has 1 atom stereocenters. The third-order valence-electron chi connectivity index (χ3n) is 4.10. The molecule has 1 unspecified atom stereocenters. The topological polar surface area (TPSA) is 38.0 Å². The molecule has 1 aromatic carbocycles. The fourth-order valence-electron chi connectivity index (χ4n) is 2.88. The van der Waals surface area contributed by atoms with Crippen LogP contribution in [0.5, 0.6) is 0 Å². The number of hydrogen-bond acceptors (Lipinski definition) is 2. The van der Waals surface area contributed by atoms with E-state index < -0.39 is 0 Å². The third-order valence-corrected chi connectivity index (χ3v) is 4.10. The van der Waals surface area contributed by atoms with E-state index in [1.807, 2.05) is 0 Å². The normalized spacial score (nSPS) is 17.1. The van der Waals surface area contributed by atoms with Gasteiger partial charge in [-0.1, -0.05) is 35.4 Å². The molecule has 2 rings (SSSR count). The highest BCUT2D eigenvalue weighted by molar-refractivity contribution is 5.31. The second-order valence-corrected chi connectivity index (χ2v) is 5.81. The molecule has 0 saturated carbocycles. The molecular formula is C17H26N2. The van der Waals surface area contributed by atoms with Gasteiger partial charge in [-0.15, -0.1) is 0 Å². The minimum atomic E-state index is 0.352. The van der Waals surface area contributed by atoms with Crippen LogP contribution in [0.1, 0.15) is 48.8 Å². The van der Waals surface area contributed by atoms with Crippen LogP contribution in [0, 0.1) is 13.8 Å². The van der Waals surface area contributed by atoms with Crippen molar-refractivity contribution in [3.63, 3.8) is 0 Å². The summed E-state index contributed by atoms with van der Waals surface area (Å²) >= 11 is 0. The molecule has 104 valence electrons. The number of allylic oxidation sites excluding steroid dienone is 1. The molecule has 3 N–H and O–H groups in total. The molecule has 2 nitrogen and oxygen atoms in total. The fourth-order valence-corrected chi connectivity index (χ4v) is 2.88. The van der Waals surface area contributed by atoms with Crippen molar-refractivity contribution in [2.75, 3.05) is 0 Å². The summed E-state index contributed by atoms with van der Waals surface area (Å²) in [4.78, 5) is 0. The predicted octanol–water partition coefficient (Wildman–Crippen LogP) is 3.57. The van der Waals surface area contributed by atoms with E-state index in [1.165, 1.54) is 42.4 Å². The van der Waals surface area contributed by atoms with Crippen molar-refractivity contribution in [1.82, 2.24) is 5.43 Å². The zero-order valence-electron chi connectivity index (χ0n) is 12.2. The van der Waals surface area contributed by atoms with Crippen LogP contribution in [-0.4, -0.2) is 6.04 Å². The van der Waals surface area contributed by atoms with Crippen LogP contribution in [0.15, 0.2) is 29.8 Å². The molecule has 0 bridgehead atoms. The molecule has 1 aliphatic rings. The van der Waals surface area contributed by atoms with Crippen molar-refractivity contribution in [3.05, 3.63) is 46.5 Å². The van der Waals surface area contributed by atoms with Crippen LogP contribution in [0.25, 0.3) is 0 Å². The summed E-state index contributed by atoms with van der Waals surface area (Å²) in [5, 5.41) is 0. The number of hydrazine groups is 1. The van der Waals surface area contributed by atoms with E-state index in [1.54, 1.807) is 5.57 Å². The number of hydrogen-bond donors (Lipinski definition) is 2. The molecule has 0 aromatic heterocycles. The van der Waals surface area contributed by atoms with Gasteiger partial charge in [0, 0.05) is 6.04 Å². The maximum absolute atomic E-state index is 5.75. The van der Waals surface area contributed by atoms with Crippen molar-refractivity contribution >= 4 is 0 Å². The summed E-state index contributed by atoms with van der Waals surface area (Å²) in [5.74, 6) is 5.75. The van der Waals surface area contributed by atoms with E-state index in [-0.39, 0.29) is 0 Å². The Labute approximate surface area is 117 Å². The lowest BCUT2D eigenvalue weighted by atomic mass is 9.91. The Hall–Kier alpha value is -1.12. The molecule has 1 aliphatic carbocycles. The first-order valence-corrected chi connectivity index (χ1v) is 7.39. The molecule has 0 saturated heterocycles. The standard InChI is InChI=1S/C17H26N2/c1-13-8-9-14(2)16(10-13)12-17(19-18)11-15-6-4-3-5-7-15/h6,8-10,17,19H,3-5,7,11-12,18H2,1-2H3. The molecule has 0 aliphatic heterocycles. The molecule has 0 radical (unpaired) electrons. The molecule has 0 fully saturated rings. The first kappa shape index (κ1) is 14.3. The van der Waals surface area contributed by atoms with E-state index in [2.05, 4.69) is 43.5 Å². The van der Waals surface area contributed by atoms with Gasteiger partial charge in [0.15, 0.2) is 0 Å². The van der Waals surface area contributed by atoms with Gasteiger partial charge in [0.2, 0.25) is 0 Å². The second kappa shape index (κ2) is 6.88. The Morgan fingerprint density at radius 3 is 2.74 bits per heavy atom. The minimum absolute atomic E-state index is 0.352. The van der Waals surface area contributed by atoms with Crippen LogP contribution in [0.3, 0.4) is 0 Å². The van der Waals surface area contributed by atoms with E-state index in [0.717, 1.165) is 12.8 Å². The Balaban J connectivity index is 2.02. The quantitative estimate of drug-likeness (QED) is 0.481. The van der Waals surface area contributed by atoms with Crippen molar-refractivity contribution < 1.29 is 0 Å². The van der Waals surface area contributed by atoms with Crippen LogP contribution in [-0.2, 0) is 6.42 Å². The van der Waals surface area contributed by atoms with Gasteiger partial charge < -0.3 is 0 Å². The smallest absolute Gasteiger partial charge is 0.0288 e. The van der Waals surface area contributed by atoms with Gasteiger partial charge in [-0.2, -0.15) is 0 Å². The van der Waals surface area contributed by atoms with Gasteiger partial charge in [0.05, 0.1) is 0 Å². The van der Waals surface area contributed by atoms with Crippen LogP contribution < -0.4 is 11.3 Å². The molecule has 0 amide bonds. The summed E-state index contributed by atoms with van der Waals surface area (Å²) in [5.41, 5.74) is 8.69. The van der Waals surface area contributed by atoms with Crippen molar-refractivity contribution in [1.29, 1.82) is 0 Å². The van der Waals surface area contributed by atoms with E-state index in [0.29, 0.717) is 6.04 Å². The highest BCUT2D eigenvalue weighted by Crippen LogP contribution is 2.23. The minimum Gasteiger partial charge on any atom is -0.271 e. The summed E-state index contributed by atoms with van der Waals surface area (Å²) in [6.07, 6.45) is 9.71. The van der Waals surface area contributed by atoms with E-state index >= 15 is 0 Å². The van der Waals surface area contributed by atoms with Gasteiger partial charge in [0.25, 0.3) is 0 Å². The summed E-state index contributed by atoms with van der Waals surface area (Å²) < 4.78 is 0. The van der Waals surface area contributed by atoms with Crippen molar-refractivity contribution in [2.24, 2.45) is 5.84 Å². The predicted molar refractivity (Wildman–Crippen MR) is 81.9 cm³/mol. The zero-order valence-corrected chi connectivity index (χ0v) is 12.2. The van der Waals surface area contributed by atoms with E-state index in [9.17, 15) is 0 Å². The number of nitrogens with two attached hydrogens (primary N) is 1. The van der Waals surface area contributed by atoms with Crippen LogP contribution >= 0.6 is 0 Å². The average molecular weight is 258 g/mol. The van der Waals surface area contributed by atoms with Gasteiger partial charge in [-0.3, -0.25) is 11.3 Å². The van der Waals surface area contributed by atoms with Gasteiger partial charge in [-0.25, -0.2) is 0 Å². The number of aryl methyl sites for hydroxylation is 2.